The van der Waals surface area contributed by atoms with Crippen molar-refractivity contribution >= 4 is 70.5 Å². The first kappa shape index (κ1) is 29.3. The van der Waals surface area contributed by atoms with Crippen LogP contribution in [0.15, 0.2) is 180 Å². The smallest absolute Gasteiger partial charge is 0.135 e. The molecular weight excluding hydrogens is 639 g/mol. The Labute approximate surface area is 300 Å². The second-order valence-electron chi connectivity index (χ2n) is 12.8. The summed E-state index contributed by atoms with van der Waals surface area (Å²) in [4.78, 5) is 2.33. The Morgan fingerprint density at radius 1 is 0.412 bits per heavy atom. The number of hydrogen-bond acceptors (Lipinski definition) is 3. The fourth-order valence-corrected chi connectivity index (χ4v) is 8.21. The molecule has 238 valence electrons. The highest BCUT2D eigenvalue weighted by molar-refractivity contribution is 7.25. The predicted molar refractivity (Wildman–Crippen MR) is 215 cm³/mol. The van der Waals surface area contributed by atoms with Crippen molar-refractivity contribution in [2.75, 3.05) is 4.90 Å². The van der Waals surface area contributed by atoms with Gasteiger partial charge in [0.05, 0.1) is 5.39 Å². The second kappa shape index (κ2) is 12.1. The Morgan fingerprint density at radius 2 is 0.941 bits per heavy atom. The lowest BCUT2D eigenvalue weighted by molar-refractivity contribution is 0.669. The molecule has 0 aliphatic heterocycles. The molecule has 0 saturated carbocycles. The lowest BCUT2D eigenvalue weighted by Gasteiger charge is -2.26. The van der Waals surface area contributed by atoms with Crippen LogP contribution in [0.3, 0.4) is 0 Å². The summed E-state index contributed by atoms with van der Waals surface area (Å²) in [7, 11) is 0. The Hall–Kier alpha value is -6.60. The van der Waals surface area contributed by atoms with Crippen LogP contribution in [0.4, 0.5) is 17.1 Å². The number of thiophene rings is 1. The van der Waals surface area contributed by atoms with Crippen molar-refractivity contribution in [3.63, 3.8) is 0 Å². The molecule has 0 radical (unpaired) electrons. The van der Waals surface area contributed by atoms with E-state index in [4.69, 9.17) is 4.42 Å². The monoisotopic (exact) mass is 667 g/mol. The van der Waals surface area contributed by atoms with E-state index >= 15 is 0 Å². The third kappa shape index (κ3) is 5.22. The van der Waals surface area contributed by atoms with Gasteiger partial charge in [0.1, 0.15) is 11.2 Å². The Morgan fingerprint density at radius 3 is 1.63 bits per heavy atom. The summed E-state index contributed by atoms with van der Waals surface area (Å²) in [5.74, 6) is 0. The predicted octanol–water partition coefficient (Wildman–Crippen LogP) is 14.0. The Balaban J connectivity index is 1.02. The molecule has 0 bridgehead atoms. The summed E-state index contributed by atoms with van der Waals surface area (Å²) in [5, 5.41) is 4.64. The molecule has 0 spiro atoms. The molecule has 2 heterocycles. The number of rotatable bonds is 6. The van der Waals surface area contributed by atoms with Crippen LogP contribution in [0, 0.1) is 12.1 Å². The maximum atomic E-state index is 6.09. The number of nitrogens with zero attached hydrogens (tertiary/aromatic N) is 1. The SMILES string of the molecule is c1ccc2sc3ccc(-c4ccc(N(c5ccc(-c6ccccc6)cc5)c5ccc(-c6ccc7oc8ccccc8c7c6)cc5)cc4)cc3c2c#1. The molecule has 0 atom stereocenters. The number of para-hydroxylation sites is 1. The summed E-state index contributed by atoms with van der Waals surface area (Å²) in [5.41, 5.74) is 12.2. The topological polar surface area (TPSA) is 16.4 Å². The lowest BCUT2D eigenvalue weighted by Crippen LogP contribution is -2.09. The minimum Gasteiger partial charge on any atom is -0.456 e. The largest absolute Gasteiger partial charge is 0.456 e. The van der Waals surface area contributed by atoms with E-state index in [0.29, 0.717) is 0 Å². The van der Waals surface area contributed by atoms with E-state index in [2.05, 4.69) is 175 Å². The first-order valence-electron chi connectivity index (χ1n) is 17.1. The van der Waals surface area contributed by atoms with E-state index in [9.17, 15) is 0 Å². The molecule has 10 rings (SSSR count). The van der Waals surface area contributed by atoms with Crippen molar-refractivity contribution in [2.24, 2.45) is 0 Å². The molecule has 8 aromatic carbocycles. The number of benzene rings is 7. The molecule has 0 aliphatic rings. The van der Waals surface area contributed by atoms with Crippen LogP contribution in [0.2, 0.25) is 0 Å². The Kier molecular flexibility index (Phi) is 6.94. The van der Waals surface area contributed by atoms with Crippen LogP contribution >= 0.6 is 11.3 Å². The molecule has 51 heavy (non-hydrogen) atoms. The summed E-state index contributed by atoms with van der Waals surface area (Å²) in [6.45, 7) is 0. The van der Waals surface area contributed by atoms with Gasteiger partial charge >= 0.3 is 0 Å². The first-order valence-corrected chi connectivity index (χ1v) is 17.9. The van der Waals surface area contributed by atoms with Gasteiger partial charge in [0, 0.05) is 42.6 Å². The second-order valence-corrected chi connectivity index (χ2v) is 13.9. The zero-order valence-electron chi connectivity index (χ0n) is 27.5. The maximum absolute atomic E-state index is 6.09. The highest BCUT2D eigenvalue weighted by Crippen LogP contribution is 2.40. The Bertz CT molecular complexity index is 2670. The van der Waals surface area contributed by atoms with Gasteiger partial charge in [-0.15, -0.1) is 11.3 Å². The third-order valence-corrected chi connectivity index (χ3v) is 10.9. The summed E-state index contributed by atoms with van der Waals surface area (Å²) in [6, 6.07) is 69.1. The zero-order valence-corrected chi connectivity index (χ0v) is 28.3. The quantitative estimate of drug-likeness (QED) is 0.175. The van der Waals surface area contributed by atoms with Gasteiger partial charge in [-0.1, -0.05) is 109 Å². The highest BCUT2D eigenvalue weighted by Gasteiger charge is 2.15. The van der Waals surface area contributed by atoms with E-state index < -0.39 is 0 Å². The number of anilines is 3. The third-order valence-electron chi connectivity index (χ3n) is 9.76. The van der Waals surface area contributed by atoms with E-state index in [-0.39, 0.29) is 0 Å². The van der Waals surface area contributed by atoms with Crippen molar-refractivity contribution in [3.05, 3.63) is 188 Å². The van der Waals surface area contributed by atoms with Gasteiger partial charge in [0.2, 0.25) is 0 Å². The van der Waals surface area contributed by atoms with Gasteiger partial charge in [-0.3, -0.25) is 0 Å². The van der Waals surface area contributed by atoms with Crippen molar-refractivity contribution in [1.82, 2.24) is 0 Å². The molecular formula is C48H29NOS. The van der Waals surface area contributed by atoms with Gasteiger partial charge in [-0.05, 0) is 112 Å². The summed E-state index contributed by atoms with van der Waals surface area (Å²) < 4.78 is 8.60. The van der Waals surface area contributed by atoms with E-state index in [1.54, 1.807) is 11.3 Å². The fourth-order valence-electron chi connectivity index (χ4n) is 7.17. The zero-order chi connectivity index (χ0) is 33.7. The molecule has 0 fully saturated rings. The average Bonchev–Trinajstić information content (AvgIpc) is 3.77. The van der Waals surface area contributed by atoms with Crippen molar-refractivity contribution in [3.8, 4) is 33.4 Å². The lowest BCUT2D eigenvalue weighted by atomic mass is 10.0. The van der Waals surface area contributed by atoms with Crippen molar-refractivity contribution in [1.29, 1.82) is 0 Å². The van der Waals surface area contributed by atoms with Crippen LogP contribution in [-0.4, -0.2) is 0 Å². The van der Waals surface area contributed by atoms with E-state index in [0.717, 1.165) is 55.5 Å². The fraction of sp³-hybridized carbons (Fsp3) is 0. The van der Waals surface area contributed by atoms with Gasteiger partial charge in [-0.2, -0.15) is 0 Å². The van der Waals surface area contributed by atoms with Crippen LogP contribution in [-0.2, 0) is 0 Å². The average molecular weight is 668 g/mol. The molecule has 0 amide bonds. The molecule has 2 aromatic heterocycles. The van der Waals surface area contributed by atoms with Crippen LogP contribution < -0.4 is 4.90 Å². The number of hydrogen-bond donors (Lipinski definition) is 0. The first-order chi connectivity index (χ1) is 25.2. The normalized spacial score (nSPS) is 11.4. The molecule has 0 N–H and O–H groups in total. The minimum absolute atomic E-state index is 0.908. The molecule has 2 nitrogen and oxygen atoms in total. The van der Waals surface area contributed by atoms with Gasteiger partial charge in [0.15, 0.2) is 0 Å². The van der Waals surface area contributed by atoms with Crippen molar-refractivity contribution < 1.29 is 4.42 Å². The van der Waals surface area contributed by atoms with E-state index in [1.165, 1.54) is 37.0 Å². The van der Waals surface area contributed by atoms with Crippen LogP contribution in [0.5, 0.6) is 0 Å². The van der Waals surface area contributed by atoms with Gasteiger partial charge < -0.3 is 9.32 Å². The minimum atomic E-state index is 0.908. The molecule has 3 heteroatoms. The molecule has 10 aromatic rings. The number of furan rings is 1. The van der Waals surface area contributed by atoms with Crippen molar-refractivity contribution in [2.45, 2.75) is 0 Å². The molecule has 0 aliphatic carbocycles. The van der Waals surface area contributed by atoms with Gasteiger partial charge in [-0.25, -0.2) is 0 Å². The van der Waals surface area contributed by atoms with Crippen LogP contribution in [0.1, 0.15) is 0 Å². The number of fused-ring (bicyclic) bond motifs is 6. The van der Waals surface area contributed by atoms with Crippen LogP contribution in [0.25, 0.3) is 75.5 Å². The summed E-state index contributed by atoms with van der Waals surface area (Å²) in [6.07, 6.45) is 0. The molecule has 0 saturated heterocycles. The molecule has 0 unspecified atom stereocenters. The summed E-state index contributed by atoms with van der Waals surface area (Å²) >= 11 is 1.81. The highest BCUT2D eigenvalue weighted by atomic mass is 32.1. The maximum Gasteiger partial charge on any atom is 0.135 e. The van der Waals surface area contributed by atoms with E-state index in [1.807, 2.05) is 18.2 Å². The standard InChI is InChI=1S/C48H29NOS/c1-2-8-32(9-3-1)33-14-22-38(23-15-33)49(39-24-16-34(17-25-39)36-20-28-46-43(30-36)41-10-4-6-12-45(41)50-46)40-26-18-35(19-27-40)37-21-29-48-44(31-37)42-11-5-7-13-47(42)51-48/h1-4,6-10,12-31H. The van der Waals surface area contributed by atoms with Gasteiger partial charge in [0.25, 0.3) is 0 Å².